The fourth-order valence-corrected chi connectivity index (χ4v) is 2.42. The van der Waals surface area contributed by atoms with Crippen LogP contribution < -0.4 is 21.7 Å². The second-order valence-corrected chi connectivity index (χ2v) is 6.92. The highest BCUT2D eigenvalue weighted by Gasteiger charge is 2.32. The molecular formula is C17H28N6O8. The Labute approximate surface area is 177 Å². The number of carbonyl (C=O) groups excluding carboxylic acids is 3. The van der Waals surface area contributed by atoms with Crippen LogP contribution in [0.2, 0.25) is 0 Å². The lowest BCUT2D eigenvalue weighted by Gasteiger charge is -2.25. The first-order valence-electron chi connectivity index (χ1n) is 9.31. The molecular weight excluding hydrogens is 416 g/mol. The minimum atomic E-state index is -1.63. The number of carbonyl (C=O) groups is 4. The van der Waals surface area contributed by atoms with Gasteiger partial charge in [-0.15, -0.1) is 0 Å². The first-order chi connectivity index (χ1) is 14.5. The Morgan fingerprint density at radius 1 is 1.03 bits per heavy atom. The van der Waals surface area contributed by atoms with Crippen LogP contribution in [0.4, 0.5) is 0 Å². The van der Waals surface area contributed by atoms with Gasteiger partial charge in [0, 0.05) is 18.3 Å². The predicted molar refractivity (Wildman–Crippen MR) is 104 cm³/mol. The molecule has 0 aliphatic rings. The molecule has 31 heavy (non-hydrogen) atoms. The van der Waals surface area contributed by atoms with Gasteiger partial charge in [0.25, 0.3) is 0 Å². The van der Waals surface area contributed by atoms with E-state index in [4.69, 9.17) is 10.8 Å². The monoisotopic (exact) mass is 444 g/mol. The molecule has 14 nitrogen and oxygen atoms in total. The van der Waals surface area contributed by atoms with E-state index in [0.717, 1.165) is 0 Å². The third-order valence-corrected chi connectivity index (χ3v) is 4.30. The number of hydrogen-bond acceptors (Lipinski definition) is 9. The molecule has 0 saturated carbocycles. The summed E-state index contributed by atoms with van der Waals surface area (Å²) in [6, 6.07) is -5.83. The minimum Gasteiger partial charge on any atom is -0.480 e. The summed E-state index contributed by atoms with van der Waals surface area (Å²) in [7, 11) is 0. The Kier molecular flexibility index (Phi) is 10.0. The number of aliphatic hydroxyl groups excluding tert-OH is 3. The lowest BCUT2D eigenvalue weighted by Crippen LogP contribution is -2.60. The summed E-state index contributed by atoms with van der Waals surface area (Å²) in [6.45, 7) is 1.60. The molecule has 0 saturated heterocycles. The van der Waals surface area contributed by atoms with Gasteiger partial charge in [-0.05, 0) is 13.8 Å². The molecule has 6 unspecified atom stereocenters. The molecule has 1 aromatic heterocycles. The SMILES string of the molecule is CC(O)C(N)C(=O)NC(CO)C(=O)NC(Cc1cnc[nH]1)C(=O)NC(C(=O)O)C(C)O. The highest BCUT2D eigenvalue weighted by Crippen LogP contribution is 2.03. The number of nitrogens with one attached hydrogen (secondary N) is 4. The number of aromatic nitrogens is 2. The molecule has 1 aromatic rings. The number of amides is 3. The largest absolute Gasteiger partial charge is 0.480 e. The Morgan fingerprint density at radius 2 is 1.61 bits per heavy atom. The molecule has 1 rings (SSSR count). The molecule has 14 heteroatoms. The maximum absolute atomic E-state index is 12.6. The Bertz CT molecular complexity index is 754. The number of H-pyrrole nitrogens is 1. The first-order valence-corrected chi connectivity index (χ1v) is 9.31. The van der Waals surface area contributed by atoms with E-state index in [1.54, 1.807) is 0 Å². The van der Waals surface area contributed by atoms with Gasteiger partial charge >= 0.3 is 5.97 Å². The number of imidazole rings is 1. The average molecular weight is 444 g/mol. The van der Waals surface area contributed by atoms with E-state index in [1.165, 1.54) is 26.4 Å². The maximum Gasteiger partial charge on any atom is 0.328 e. The summed E-state index contributed by atoms with van der Waals surface area (Å²) < 4.78 is 0. The van der Waals surface area contributed by atoms with Crippen LogP contribution in [0.15, 0.2) is 12.5 Å². The molecule has 0 aliphatic carbocycles. The van der Waals surface area contributed by atoms with Crippen LogP contribution >= 0.6 is 0 Å². The smallest absolute Gasteiger partial charge is 0.328 e. The zero-order chi connectivity index (χ0) is 23.7. The quantitative estimate of drug-likeness (QED) is 0.150. The summed E-state index contributed by atoms with van der Waals surface area (Å²) in [5.74, 6) is -4.28. The second kappa shape index (κ2) is 11.9. The number of rotatable bonds is 12. The molecule has 0 fully saturated rings. The Hall–Kier alpha value is -3.07. The second-order valence-electron chi connectivity index (χ2n) is 6.92. The molecule has 1 heterocycles. The van der Waals surface area contributed by atoms with Crippen molar-refractivity contribution >= 4 is 23.7 Å². The van der Waals surface area contributed by atoms with Crippen molar-refractivity contribution in [2.24, 2.45) is 5.73 Å². The zero-order valence-corrected chi connectivity index (χ0v) is 17.0. The number of carboxylic acids is 1. The maximum atomic E-state index is 12.6. The van der Waals surface area contributed by atoms with Crippen molar-refractivity contribution in [2.75, 3.05) is 6.61 Å². The van der Waals surface area contributed by atoms with Gasteiger partial charge < -0.3 is 47.1 Å². The van der Waals surface area contributed by atoms with Gasteiger partial charge in [0.15, 0.2) is 6.04 Å². The van der Waals surface area contributed by atoms with Crippen LogP contribution in [0.3, 0.4) is 0 Å². The van der Waals surface area contributed by atoms with E-state index in [0.29, 0.717) is 5.69 Å². The van der Waals surface area contributed by atoms with Crippen LogP contribution in [0, 0.1) is 0 Å². The van der Waals surface area contributed by atoms with Crippen LogP contribution in [-0.2, 0) is 25.6 Å². The third kappa shape index (κ3) is 7.93. The van der Waals surface area contributed by atoms with Gasteiger partial charge in [0.1, 0.15) is 18.1 Å². The molecule has 6 atom stereocenters. The predicted octanol–water partition coefficient (Wildman–Crippen LogP) is -4.43. The van der Waals surface area contributed by atoms with E-state index in [9.17, 15) is 34.5 Å². The average Bonchev–Trinajstić information content (AvgIpc) is 3.20. The van der Waals surface area contributed by atoms with Crippen LogP contribution in [-0.4, -0.2) is 97.1 Å². The van der Waals surface area contributed by atoms with Gasteiger partial charge in [-0.2, -0.15) is 0 Å². The fourth-order valence-electron chi connectivity index (χ4n) is 2.42. The van der Waals surface area contributed by atoms with Crippen molar-refractivity contribution in [3.8, 4) is 0 Å². The van der Waals surface area contributed by atoms with Crippen LogP contribution in [0.1, 0.15) is 19.5 Å². The van der Waals surface area contributed by atoms with Crippen LogP contribution in [0.25, 0.3) is 0 Å². The molecule has 10 N–H and O–H groups in total. The van der Waals surface area contributed by atoms with Gasteiger partial charge in [-0.1, -0.05) is 0 Å². The zero-order valence-electron chi connectivity index (χ0n) is 17.0. The summed E-state index contributed by atoms with van der Waals surface area (Å²) >= 11 is 0. The van der Waals surface area contributed by atoms with Gasteiger partial charge in [-0.25, -0.2) is 9.78 Å². The molecule has 0 aromatic carbocycles. The molecule has 3 amide bonds. The normalized spacial score (nSPS) is 16.8. The van der Waals surface area contributed by atoms with E-state index in [2.05, 4.69) is 25.9 Å². The van der Waals surface area contributed by atoms with Crippen molar-refractivity contribution in [2.45, 2.75) is 56.6 Å². The third-order valence-electron chi connectivity index (χ3n) is 4.30. The van der Waals surface area contributed by atoms with E-state index < -0.39 is 66.7 Å². The number of nitrogens with zero attached hydrogens (tertiary/aromatic N) is 1. The minimum absolute atomic E-state index is 0.136. The van der Waals surface area contributed by atoms with E-state index in [1.807, 2.05) is 0 Å². The Balaban J connectivity index is 2.97. The van der Waals surface area contributed by atoms with Crippen molar-refractivity contribution in [3.05, 3.63) is 18.2 Å². The number of nitrogens with two attached hydrogens (primary N) is 1. The van der Waals surface area contributed by atoms with Crippen LogP contribution in [0.5, 0.6) is 0 Å². The molecule has 174 valence electrons. The molecule has 0 radical (unpaired) electrons. The van der Waals surface area contributed by atoms with Gasteiger partial charge in [0.2, 0.25) is 17.7 Å². The topological polar surface area (TPSA) is 240 Å². The van der Waals surface area contributed by atoms with Crippen molar-refractivity contribution in [3.63, 3.8) is 0 Å². The number of hydrogen-bond donors (Lipinski definition) is 9. The van der Waals surface area contributed by atoms with Crippen molar-refractivity contribution < 1.29 is 39.6 Å². The van der Waals surface area contributed by atoms with Crippen molar-refractivity contribution in [1.82, 2.24) is 25.9 Å². The summed E-state index contributed by atoms with van der Waals surface area (Å²) in [5, 5.41) is 44.1. The number of aromatic amines is 1. The number of carboxylic acid groups (broad SMARTS) is 1. The van der Waals surface area contributed by atoms with Gasteiger partial charge in [-0.3, -0.25) is 14.4 Å². The first kappa shape index (κ1) is 26.0. The lowest BCUT2D eigenvalue weighted by atomic mass is 10.1. The summed E-state index contributed by atoms with van der Waals surface area (Å²) in [4.78, 5) is 54.9. The van der Waals surface area contributed by atoms with Gasteiger partial charge in [0.05, 0.1) is 25.1 Å². The fraction of sp³-hybridized carbons (Fsp3) is 0.588. The molecule has 0 bridgehead atoms. The highest BCUT2D eigenvalue weighted by atomic mass is 16.4. The molecule has 0 spiro atoms. The standard InChI is InChI=1S/C17H28N6O8/c1-7(25)12(18)16(29)22-11(5-24)15(28)21-10(3-9-4-19-6-20-9)14(27)23-13(8(2)26)17(30)31/h4,6-8,10-13,24-26H,3,5,18H2,1-2H3,(H,19,20)(H,21,28)(H,22,29)(H,23,27)(H,30,31). The van der Waals surface area contributed by atoms with E-state index in [-0.39, 0.29) is 6.42 Å². The summed E-state index contributed by atoms with van der Waals surface area (Å²) in [5.41, 5.74) is 5.91. The van der Waals surface area contributed by atoms with E-state index >= 15 is 0 Å². The highest BCUT2D eigenvalue weighted by molar-refractivity contribution is 5.94. The number of aliphatic hydroxyl groups is 3. The molecule has 0 aliphatic heterocycles. The number of aliphatic carboxylic acids is 1. The summed E-state index contributed by atoms with van der Waals surface area (Å²) in [6.07, 6.45) is -0.0619. The van der Waals surface area contributed by atoms with Crippen molar-refractivity contribution in [1.29, 1.82) is 0 Å². The Morgan fingerprint density at radius 3 is 2.06 bits per heavy atom. The lowest BCUT2D eigenvalue weighted by molar-refractivity contribution is -0.145.